The highest BCUT2D eigenvalue weighted by molar-refractivity contribution is 6.33. The molecule has 0 saturated carbocycles. The van der Waals surface area contributed by atoms with Crippen molar-refractivity contribution < 1.29 is 44.7 Å². The van der Waals surface area contributed by atoms with Crippen molar-refractivity contribution in [1.29, 1.82) is 0 Å². The Morgan fingerprint density at radius 3 is 1.87 bits per heavy atom. The minimum Gasteiger partial charge on any atom is -0.496 e. The lowest BCUT2D eigenvalue weighted by atomic mass is 10.0. The Morgan fingerprint density at radius 1 is 0.808 bits per heavy atom. The van der Waals surface area contributed by atoms with Gasteiger partial charge >= 0.3 is 0 Å². The summed E-state index contributed by atoms with van der Waals surface area (Å²) in [7, 11) is 1.50. The van der Waals surface area contributed by atoms with Gasteiger partial charge < -0.3 is 61.8 Å². The van der Waals surface area contributed by atoms with Gasteiger partial charge in [-0.1, -0.05) is 24.4 Å². The fraction of sp³-hybridized carbons (Fsp3) is 0.750. The topological polar surface area (TPSA) is 230 Å². The number of carbonyl (C=O) groups is 3. The summed E-state index contributed by atoms with van der Waals surface area (Å²) >= 11 is 6.12. The number of carbonyl (C=O) groups excluding carboxylic acids is 3. The van der Waals surface area contributed by atoms with Gasteiger partial charge in [-0.25, -0.2) is 0 Å². The van der Waals surface area contributed by atoms with Crippen molar-refractivity contribution in [1.82, 2.24) is 25.8 Å². The molecule has 296 valence electrons. The summed E-state index contributed by atoms with van der Waals surface area (Å²) in [6, 6.07) is 3.40. The Kier molecular flexibility index (Phi) is 19.4. The van der Waals surface area contributed by atoms with E-state index in [1.165, 1.54) is 7.11 Å². The van der Waals surface area contributed by atoms with Crippen LogP contribution in [0.15, 0.2) is 12.1 Å². The van der Waals surface area contributed by atoms with Gasteiger partial charge in [-0.2, -0.15) is 0 Å². The van der Waals surface area contributed by atoms with Gasteiger partial charge in [0.05, 0.1) is 36.1 Å². The van der Waals surface area contributed by atoms with Crippen LogP contribution in [0.2, 0.25) is 5.02 Å². The predicted molar refractivity (Wildman–Crippen MR) is 198 cm³/mol. The number of halogens is 1. The Morgan fingerprint density at radius 2 is 1.33 bits per heavy atom. The third-order valence-electron chi connectivity index (χ3n) is 10.0. The van der Waals surface area contributed by atoms with Crippen LogP contribution in [-0.2, 0) is 9.59 Å². The second-order valence-electron chi connectivity index (χ2n) is 14.1. The van der Waals surface area contributed by atoms with Crippen LogP contribution in [-0.4, -0.2) is 149 Å². The first kappa shape index (κ1) is 43.6. The predicted octanol–water partition coefficient (Wildman–Crippen LogP) is 0.379. The third-order valence-corrected chi connectivity index (χ3v) is 10.4. The molecule has 0 unspecified atom stereocenters. The number of piperidine rings is 2. The van der Waals surface area contributed by atoms with Crippen molar-refractivity contribution in [2.24, 2.45) is 0 Å². The number of unbranched alkanes of at least 4 members (excludes halogenated alkanes) is 4. The molecule has 0 bridgehead atoms. The van der Waals surface area contributed by atoms with Crippen LogP contribution < -0.4 is 26.4 Å². The molecule has 3 rings (SSSR count). The molecule has 0 aliphatic carbocycles. The van der Waals surface area contributed by atoms with Crippen LogP contribution in [0, 0.1) is 0 Å². The monoisotopic (exact) mass is 756 g/mol. The minimum atomic E-state index is -1.72. The fourth-order valence-corrected chi connectivity index (χ4v) is 6.83. The molecule has 2 heterocycles. The quantitative estimate of drug-likeness (QED) is 0.0578. The molecular weight excluding hydrogens is 696 g/mol. The van der Waals surface area contributed by atoms with E-state index in [0.29, 0.717) is 34.9 Å². The van der Waals surface area contributed by atoms with Gasteiger partial charge in [0.2, 0.25) is 11.8 Å². The first-order chi connectivity index (χ1) is 24.9. The largest absolute Gasteiger partial charge is 0.496 e. The molecule has 2 aliphatic heterocycles. The highest BCUT2D eigenvalue weighted by Crippen LogP contribution is 2.29. The lowest BCUT2D eigenvalue weighted by molar-refractivity contribution is -0.126. The summed E-state index contributed by atoms with van der Waals surface area (Å²) in [5.74, 6) is 0.0294. The zero-order chi connectivity index (χ0) is 38.0. The highest BCUT2D eigenvalue weighted by Gasteiger charge is 2.30. The molecule has 15 nitrogen and oxygen atoms in total. The van der Waals surface area contributed by atoms with Gasteiger partial charge in [0, 0.05) is 63.7 Å². The summed E-state index contributed by atoms with van der Waals surface area (Å²) < 4.78 is 5.31. The zero-order valence-corrected chi connectivity index (χ0v) is 31.2. The van der Waals surface area contributed by atoms with E-state index in [9.17, 15) is 34.8 Å². The Labute approximate surface area is 312 Å². The number of methoxy groups -OCH3 is 1. The first-order valence-corrected chi connectivity index (χ1v) is 19.1. The van der Waals surface area contributed by atoms with Crippen molar-refractivity contribution in [2.45, 2.75) is 114 Å². The molecule has 16 heteroatoms. The molecule has 0 spiro atoms. The number of aliphatic hydroxyl groups is 5. The fourth-order valence-electron chi connectivity index (χ4n) is 6.67. The van der Waals surface area contributed by atoms with Crippen LogP contribution in [0.3, 0.4) is 0 Å². The van der Waals surface area contributed by atoms with E-state index < -0.39 is 31.0 Å². The maximum atomic E-state index is 12.9. The van der Waals surface area contributed by atoms with Crippen molar-refractivity contribution >= 4 is 35.0 Å². The van der Waals surface area contributed by atoms with E-state index in [2.05, 4.69) is 25.8 Å². The molecule has 2 saturated heterocycles. The number of anilines is 1. The maximum absolute atomic E-state index is 12.9. The molecule has 2 fully saturated rings. The first-order valence-electron chi connectivity index (χ1n) is 18.7. The van der Waals surface area contributed by atoms with E-state index in [1.807, 2.05) is 0 Å². The number of benzene rings is 1. The SMILES string of the molecule is COc1cc(N)c(Cl)cc1C(=O)NC1CCN(CCCCCC(=O)NC2CCN(CCCCCC(=O)NC[C@H](O)[C@@H](O)[C@H](O)[C@H](O)CO)CC2)CC1. The number of hydrogen-bond acceptors (Lipinski definition) is 12. The number of likely N-dealkylation sites (tertiary alicyclic amines) is 2. The molecule has 1 aromatic carbocycles. The van der Waals surface area contributed by atoms with Gasteiger partial charge in [0.1, 0.15) is 24.1 Å². The second kappa shape index (κ2) is 23.1. The number of hydrogen-bond donors (Lipinski definition) is 9. The number of nitrogens with zero attached hydrogens (tertiary/aromatic N) is 2. The van der Waals surface area contributed by atoms with Gasteiger partial charge in [-0.3, -0.25) is 14.4 Å². The number of rotatable bonds is 22. The molecule has 1 aromatic rings. The molecule has 4 atom stereocenters. The number of nitrogens with one attached hydrogen (secondary N) is 3. The summed E-state index contributed by atoms with van der Waals surface area (Å²) in [6.45, 7) is 4.55. The van der Waals surface area contributed by atoms with Gasteiger partial charge in [0.15, 0.2) is 0 Å². The molecule has 0 radical (unpaired) electrons. The number of amides is 3. The van der Waals surface area contributed by atoms with Crippen LogP contribution in [0.4, 0.5) is 5.69 Å². The van der Waals surface area contributed by atoms with Crippen LogP contribution in [0.5, 0.6) is 5.75 Å². The van der Waals surface area contributed by atoms with Gasteiger partial charge in [-0.15, -0.1) is 0 Å². The van der Waals surface area contributed by atoms with Crippen LogP contribution in [0.1, 0.15) is 87.4 Å². The van der Waals surface area contributed by atoms with E-state index in [-0.39, 0.29) is 42.8 Å². The number of aliphatic hydroxyl groups excluding tert-OH is 5. The van der Waals surface area contributed by atoms with E-state index in [1.54, 1.807) is 12.1 Å². The third kappa shape index (κ3) is 14.9. The Hall–Kier alpha value is -2.76. The van der Waals surface area contributed by atoms with Crippen LogP contribution in [0.25, 0.3) is 0 Å². The van der Waals surface area contributed by atoms with E-state index in [4.69, 9.17) is 27.2 Å². The second-order valence-corrected chi connectivity index (χ2v) is 14.5. The van der Waals surface area contributed by atoms with E-state index >= 15 is 0 Å². The number of ether oxygens (including phenoxy) is 1. The average Bonchev–Trinajstić information content (AvgIpc) is 3.14. The minimum absolute atomic E-state index is 0.0848. The molecule has 2 aliphatic rings. The van der Waals surface area contributed by atoms with E-state index in [0.717, 1.165) is 97.1 Å². The molecular formula is C36H61ClN6O9. The lowest BCUT2D eigenvalue weighted by Crippen LogP contribution is -2.49. The molecule has 52 heavy (non-hydrogen) atoms. The number of nitrogen functional groups attached to an aromatic ring is 1. The van der Waals surface area contributed by atoms with Gasteiger partial charge in [-0.05, 0) is 70.5 Å². The Bertz CT molecular complexity index is 1250. The van der Waals surface area contributed by atoms with Crippen molar-refractivity contribution in [3.8, 4) is 5.75 Å². The van der Waals surface area contributed by atoms with Crippen molar-refractivity contribution in [2.75, 3.05) is 65.3 Å². The zero-order valence-electron chi connectivity index (χ0n) is 30.5. The summed E-state index contributed by atoms with van der Waals surface area (Å²) in [5.41, 5.74) is 6.58. The van der Waals surface area contributed by atoms with Crippen LogP contribution >= 0.6 is 11.6 Å². The Balaban J connectivity index is 1.16. The van der Waals surface area contributed by atoms with Crippen molar-refractivity contribution in [3.63, 3.8) is 0 Å². The average molecular weight is 757 g/mol. The smallest absolute Gasteiger partial charge is 0.255 e. The van der Waals surface area contributed by atoms with Gasteiger partial charge in [0.25, 0.3) is 5.91 Å². The summed E-state index contributed by atoms with van der Waals surface area (Å²) in [4.78, 5) is 42.3. The highest BCUT2D eigenvalue weighted by atomic mass is 35.5. The van der Waals surface area contributed by atoms with Crippen molar-refractivity contribution in [3.05, 3.63) is 22.7 Å². The molecule has 0 aromatic heterocycles. The summed E-state index contributed by atoms with van der Waals surface area (Å²) in [6.07, 6.45) is 3.29. The number of nitrogens with two attached hydrogens (primary N) is 1. The normalized spacial score (nSPS) is 18.7. The maximum Gasteiger partial charge on any atom is 0.255 e. The molecule has 3 amide bonds. The lowest BCUT2D eigenvalue weighted by Gasteiger charge is -2.32. The standard InChI is InChI=1S/C36H61ClN6O9/c1-52-31-21-28(38)27(37)20-26(31)36(51)41-25-12-18-43(19-13-25)15-7-3-5-9-33(48)40-24-10-16-42(17-11-24)14-6-2-4-8-32(47)39-22-29(45)34(49)35(50)30(46)23-44/h20-21,24-25,29-30,34-35,44-46,49-50H,2-19,22-23,38H2,1H3,(H,39,47)(H,40,48)(H,41,51)/t29-,30+,34+,35+/m0/s1. The summed E-state index contributed by atoms with van der Waals surface area (Å²) in [5, 5.41) is 56.7. The molecule has 10 N–H and O–H groups in total.